The average molecular weight is 445 g/mol. The van der Waals surface area contributed by atoms with E-state index in [1.54, 1.807) is 0 Å². The molecule has 6 aliphatic rings. The van der Waals surface area contributed by atoms with Gasteiger partial charge in [-0.15, -0.1) is 0 Å². The topological polar surface area (TPSA) is 73.0 Å². The molecule has 4 bridgehead atoms. The maximum Gasteiger partial charge on any atom is 0.226 e. The highest BCUT2D eigenvalue weighted by molar-refractivity contribution is 5.84. The van der Waals surface area contributed by atoms with E-state index in [9.17, 15) is 14.4 Å². The molecular weight excluding hydrogens is 404 g/mol. The summed E-state index contributed by atoms with van der Waals surface area (Å²) in [7, 11) is 2.09. The third-order valence-electron chi connectivity index (χ3n) is 9.16. The van der Waals surface area contributed by atoms with Crippen molar-refractivity contribution in [3.05, 3.63) is 0 Å². The SMILES string of the molecule is CN1CCN(C(=O)C2CCN(C(=O)CCNC(=O)C34CC5CC(CC(C5)C3)C4)CC2)CC1. The molecule has 1 N–H and O–H groups in total. The molecule has 6 rings (SSSR count). The molecule has 0 aromatic heterocycles. The molecule has 0 aromatic carbocycles. The largest absolute Gasteiger partial charge is 0.355 e. The number of nitrogens with zero attached hydrogens (tertiary/aromatic N) is 3. The number of rotatable bonds is 5. The molecule has 32 heavy (non-hydrogen) atoms. The molecule has 7 nitrogen and oxygen atoms in total. The lowest BCUT2D eigenvalue weighted by atomic mass is 9.49. The van der Waals surface area contributed by atoms with E-state index >= 15 is 0 Å². The number of likely N-dealkylation sites (tertiary alicyclic amines) is 1. The number of amides is 3. The number of nitrogens with one attached hydrogen (secondary N) is 1. The second kappa shape index (κ2) is 8.96. The van der Waals surface area contributed by atoms with Gasteiger partial charge in [0.05, 0.1) is 0 Å². The number of piperazine rings is 1. The third kappa shape index (κ3) is 4.42. The Kier molecular flexibility index (Phi) is 6.21. The molecule has 2 heterocycles. The van der Waals surface area contributed by atoms with E-state index in [0.29, 0.717) is 26.1 Å². The van der Waals surface area contributed by atoms with Crippen molar-refractivity contribution < 1.29 is 14.4 Å². The van der Waals surface area contributed by atoms with Crippen LogP contribution in [0.2, 0.25) is 0 Å². The number of carbonyl (C=O) groups is 3. The number of likely N-dealkylation sites (N-methyl/N-ethyl adjacent to an activating group) is 1. The average Bonchev–Trinajstić information content (AvgIpc) is 2.78. The van der Waals surface area contributed by atoms with Gasteiger partial charge in [0.25, 0.3) is 0 Å². The van der Waals surface area contributed by atoms with Crippen molar-refractivity contribution in [1.82, 2.24) is 20.0 Å². The minimum absolute atomic E-state index is 0.0539. The van der Waals surface area contributed by atoms with Crippen LogP contribution in [-0.4, -0.2) is 85.3 Å². The normalized spacial score (nSPS) is 35.2. The summed E-state index contributed by atoms with van der Waals surface area (Å²) in [6, 6.07) is 0. The summed E-state index contributed by atoms with van der Waals surface area (Å²) in [5, 5.41) is 3.13. The Balaban J connectivity index is 1.03. The first-order valence-electron chi connectivity index (χ1n) is 13.0. The molecule has 4 saturated carbocycles. The Labute approximate surface area is 192 Å². The van der Waals surface area contributed by atoms with E-state index in [1.807, 2.05) is 9.80 Å². The quantitative estimate of drug-likeness (QED) is 0.701. The summed E-state index contributed by atoms with van der Waals surface area (Å²) in [6.07, 6.45) is 9.08. The van der Waals surface area contributed by atoms with Gasteiger partial charge < -0.3 is 20.0 Å². The summed E-state index contributed by atoms with van der Waals surface area (Å²) in [5.41, 5.74) is -0.139. The summed E-state index contributed by atoms with van der Waals surface area (Å²) >= 11 is 0. The van der Waals surface area contributed by atoms with Gasteiger partial charge in [-0.25, -0.2) is 0 Å². The van der Waals surface area contributed by atoms with Crippen LogP contribution in [0.15, 0.2) is 0 Å². The lowest BCUT2D eigenvalue weighted by molar-refractivity contribution is -0.146. The molecule has 6 fully saturated rings. The lowest BCUT2D eigenvalue weighted by Gasteiger charge is -2.55. The van der Waals surface area contributed by atoms with E-state index in [2.05, 4.69) is 17.3 Å². The second-order valence-corrected chi connectivity index (χ2v) is 11.5. The Morgan fingerprint density at radius 2 is 1.38 bits per heavy atom. The molecule has 2 saturated heterocycles. The highest BCUT2D eigenvalue weighted by Gasteiger charge is 2.54. The zero-order valence-electron chi connectivity index (χ0n) is 19.7. The van der Waals surface area contributed by atoms with Gasteiger partial charge in [0, 0.05) is 63.6 Å². The van der Waals surface area contributed by atoms with Crippen molar-refractivity contribution in [3.8, 4) is 0 Å². The molecule has 7 heteroatoms. The fourth-order valence-corrected chi connectivity index (χ4v) is 7.68. The molecule has 0 aromatic rings. The fourth-order valence-electron chi connectivity index (χ4n) is 7.68. The Bertz CT molecular complexity index is 702. The standard InChI is InChI=1S/C25H40N4O3/c1-27-8-10-29(11-9-27)23(31)21-3-6-28(7-4-21)22(30)2-5-26-24(32)25-15-18-12-19(16-25)14-20(13-18)17-25/h18-21H,2-17H2,1H3,(H,26,32). The van der Waals surface area contributed by atoms with E-state index in [1.165, 1.54) is 19.3 Å². The number of hydrogen-bond acceptors (Lipinski definition) is 4. The van der Waals surface area contributed by atoms with Gasteiger partial charge in [0.2, 0.25) is 17.7 Å². The highest BCUT2D eigenvalue weighted by atomic mass is 16.2. The molecule has 178 valence electrons. The summed E-state index contributed by atoms with van der Waals surface area (Å²) < 4.78 is 0. The first-order chi connectivity index (χ1) is 15.4. The van der Waals surface area contributed by atoms with Crippen LogP contribution in [0.4, 0.5) is 0 Å². The third-order valence-corrected chi connectivity index (χ3v) is 9.16. The van der Waals surface area contributed by atoms with E-state index in [4.69, 9.17) is 0 Å². The summed E-state index contributed by atoms with van der Waals surface area (Å²) in [4.78, 5) is 44.7. The summed E-state index contributed by atoms with van der Waals surface area (Å²) in [6.45, 7) is 5.28. The monoisotopic (exact) mass is 444 g/mol. The van der Waals surface area contributed by atoms with Crippen LogP contribution >= 0.6 is 0 Å². The van der Waals surface area contributed by atoms with Crippen LogP contribution < -0.4 is 5.32 Å². The van der Waals surface area contributed by atoms with E-state index in [0.717, 1.165) is 76.0 Å². The van der Waals surface area contributed by atoms with Gasteiger partial charge in [-0.2, -0.15) is 0 Å². The first kappa shape index (κ1) is 22.2. The zero-order valence-corrected chi connectivity index (χ0v) is 19.7. The Morgan fingerprint density at radius 3 is 1.94 bits per heavy atom. The lowest BCUT2D eigenvalue weighted by Crippen LogP contribution is -2.54. The van der Waals surface area contributed by atoms with Crippen molar-refractivity contribution in [2.24, 2.45) is 29.1 Å². The van der Waals surface area contributed by atoms with Crippen molar-refractivity contribution in [1.29, 1.82) is 0 Å². The molecular formula is C25H40N4O3. The molecule has 4 aliphatic carbocycles. The Morgan fingerprint density at radius 1 is 0.812 bits per heavy atom. The predicted octanol–water partition coefficient (Wildman–Crippen LogP) is 1.72. The number of hydrogen-bond donors (Lipinski definition) is 1. The minimum Gasteiger partial charge on any atom is -0.355 e. The van der Waals surface area contributed by atoms with E-state index in [-0.39, 0.29) is 29.1 Å². The van der Waals surface area contributed by atoms with Crippen LogP contribution in [0, 0.1) is 29.1 Å². The second-order valence-electron chi connectivity index (χ2n) is 11.5. The van der Waals surface area contributed by atoms with Gasteiger partial charge in [-0.05, 0) is 76.2 Å². The molecule has 2 aliphatic heterocycles. The molecule has 0 radical (unpaired) electrons. The maximum atomic E-state index is 13.1. The van der Waals surface area contributed by atoms with Crippen LogP contribution in [-0.2, 0) is 14.4 Å². The van der Waals surface area contributed by atoms with Crippen LogP contribution in [0.25, 0.3) is 0 Å². The smallest absolute Gasteiger partial charge is 0.226 e. The predicted molar refractivity (Wildman–Crippen MR) is 122 cm³/mol. The number of carbonyl (C=O) groups excluding carboxylic acids is 3. The first-order valence-corrected chi connectivity index (χ1v) is 13.0. The summed E-state index contributed by atoms with van der Waals surface area (Å²) in [5.74, 6) is 2.91. The molecule has 0 spiro atoms. The van der Waals surface area contributed by atoms with Crippen LogP contribution in [0.3, 0.4) is 0 Å². The van der Waals surface area contributed by atoms with Crippen molar-refractivity contribution in [2.45, 2.75) is 57.8 Å². The van der Waals surface area contributed by atoms with Gasteiger partial charge in [-0.1, -0.05) is 0 Å². The zero-order chi connectivity index (χ0) is 22.3. The maximum absolute atomic E-state index is 13.1. The minimum atomic E-state index is -0.139. The fraction of sp³-hybridized carbons (Fsp3) is 0.880. The van der Waals surface area contributed by atoms with Gasteiger partial charge in [0.1, 0.15) is 0 Å². The van der Waals surface area contributed by atoms with Crippen molar-refractivity contribution >= 4 is 17.7 Å². The van der Waals surface area contributed by atoms with Crippen LogP contribution in [0.5, 0.6) is 0 Å². The number of piperidine rings is 1. The van der Waals surface area contributed by atoms with Crippen LogP contribution in [0.1, 0.15) is 57.8 Å². The molecule has 3 amide bonds. The van der Waals surface area contributed by atoms with Crippen molar-refractivity contribution in [3.63, 3.8) is 0 Å². The van der Waals surface area contributed by atoms with Crippen molar-refractivity contribution in [2.75, 3.05) is 52.9 Å². The Hall–Kier alpha value is -1.63. The van der Waals surface area contributed by atoms with E-state index < -0.39 is 0 Å². The van der Waals surface area contributed by atoms with Gasteiger partial charge in [-0.3, -0.25) is 14.4 Å². The molecule has 0 atom stereocenters. The van der Waals surface area contributed by atoms with Gasteiger partial charge >= 0.3 is 0 Å². The van der Waals surface area contributed by atoms with Gasteiger partial charge in [0.15, 0.2) is 0 Å². The highest BCUT2D eigenvalue weighted by Crippen LogP contribution is 2.60. The molecule has 0 unspecified atom stereocenters.